The average molecular weight is 236 g/mol. The summed E-state index contributed by atoms with van der Waals surface area (Å²) in [5.74, 6) is 0. The van der Waals surface area contributed by atoms with Crippen molar-refractivity contribution in [3.8, 4) is 0 Å². The third kappa shape index (κ3) is 1.87. The van der Waals surface area contributed by atoms with Crippen LogP contribution in [0.4, 0.5) is 5.69 Å². The van der Waals surface area contributed by atoms with Crippen LogP contribution in [-0.2, 0) is 10.0 Å². The van der Waals surface area contributed by atoms with Crippen LogP contribution in [0.25, 0.3) is 10.8 Å². The highest BCUT2D eigenvalue weighted by Gasteiger charge is 2.11. The summed E-state index contributed by atoms with van der Waals surface area (Å²) in [5, 5.41) is 1.78. The second kappa shape index (κ2) is 3.77. The molecule has 0 amide bonds. The van der Waals surface area contributed by atoms with E-state index in [0.717, 1.165) is 10.8 Å². The van der Waals surface area contributed by atoms with Crippen molar-refractivity contribution in [3.63, 3.8) is 0 Å². The molecule has 0 saturated heterocycles. The van der Waals surface area contributed by atoms with Crippen LogP contribution < -0.4 is 10.5 Å². The number of fused-ring (bicyclic) bond motifs is 1. The number of sulfonamides is 1. The predicted octanol–water partition coefficient (Wildman–Crippen LogP) is 1.33. The minimum atomic E-state index is -3.38. The van der Waals surface area contributed by atoms with Gasteiger partial charge in [0.05, 0.1) is 4.90 Å². The van der Waals surface area contributed by atoms with E-state index in [4.69, 9.17) is 5.73 Å². The number of anilines is 1. The van der Waals surface area contributed by atoms with Crippen LogP contribution in [0.5, 0.6) is 0 Å². The zero-order chi connectivity index (χ0) is 11.8. The number of benzene rings is 2. The van der Waals surface area contributed by atoms with Crippen molar-refractivity contribution in [2.75, 3.05) is 12.8 Å². The van der Waals surface area contributed by atoms with Crippen LogP contribution in [0.2, 0.25) is 0 Å². The monoisotopic (exact) mass is 236 g/mol. The van der Waals surface area contributed by atoms with Crippen LogP contribution in [-0.4, -0.2) is 15.5 Å². The van der Waals surface area contributed by atoms with Gasteiger partial charge in [-0.05, 0) is 42.1 Å². The number of rotatable bonds is 2. The van der Waals surface area contributed by atoms with Crippen molar-refractivity contribution in [1.29, 1.82) is 0 Å². The molecule has 0 atom stereocenters. The normalized spacial score (nSPS) is 11.8. The summed E-state index contributed by atoms with van der Waals surface area (Å²) in [6.07, 6.45) is 0. The molecule has 2 aromatic rings. The molecule has 0 aliphatic rings. The Kier molecular flexibility index (Phi) is 2.57. The Morgan fingerprint density at radius 2 is 1.69 bits per heavy atom. The zero-order valence-electron chi connectivity index (χ0n) is 8.77. The maximum absolute atomic E-state index is 11.6. The molecule has 5 heteroatoms. The number of hydrogen-bond donors (Lipinski definition) is 2. The van der Waals surface area contributed by atoms with Crippen LogP contribution in [0.1, 0.15) is 0 Å². The lowest BCUT2D eigenvalue weighted by Crippen LogP contribution is -2.18. The summed E-state index contributed by atoms with van der Waals surface area (Å²) in [6, 6.07) is 10.3. The van der Waals surface area contributed by atoms with Gasteiger partial charge in [0, 0.05) is 5.69 Å². The molecule has 3 N–H and O–H groups in total. The van der Waals surface area contributed by atoms with E-state index in [0.29, 0.717) is 5.69 Å². The predicted molar refractivity (Wildman–Crippen MR) is 64.6 cm³/mol. The van der Waals surface area contributed by atoms with E-state index >= 15 is 0 Å². The molecule has 0 fully saturated rings. The first-order valence-corrected chi connectivity index (χ1v) is 6.24. The number of nitrogen functional groups attached to an aromatic ring is 1. The molecular weight excluding hydrogens is 224 g/mol. The number of hydrogen-bond acceptors (Lipinski definition) is 3. The van der Waals surface area contributed by atoms with Gasteiger partial charge in [-0.25, -0.2) is 13.1 Å². The minimum absolute atomic E-state index is 0.257. The summed E-state index contributed by atoms with van der Waals surface area (Å²) < 4.78 is 25.4. The molecule has 0 saturated carbocycles. The molecule has 0 spiro atoms. The van der Waals surface area contributed by atoms with E-state index < -0.39 is 10.0 Å². The van der Waals surface area contributed by atoms with E-state index in [9.17, 15) is 8.42 Å². The van der Waals surface area contributed by atoms with Crippen molar-refractivity contribution in [3.05, 3.63) is 36.4 Å². The lowest BCUT2D eigenvalue weighted by molar-refractivity contribution is 0.588. The first-order valence-electron chi connectivity index (χ1n) is 4.76. The Labute approximate surface area is 94.1 Å². The highest BCUT2D eigenvalue weighted by molar-refractivity contribution is 7.89. The molecule has 0 radical (unpaired) electrons. The van der Waals surface area contributed by atoms with Crippen LogP contribution in [0, 0.1) is 0 Å². The minimum Gasteiger partial charge on any atom is -0.399 e. The van der Waals surface area contributed by atoms with Crippen molar-refractivity contribution in [1.82, 2.24) is 4.72 Å². The lowest BCUT2D eigenvalue weighted by atomic mass is 10.1. The van der Waals surface area contributed by atoms with E-state index in [1.54, 1.807) is 30.3 Å². The smallest absolute Gasteiger partial charge is 0.240 e. The maximum Gasteiger partial charge on any atom is 0.240 e. The van der Waals surface area contributed by atoms with Crippen molar-refractivity contribution >= 4 is 26.5 Å². The number of nitrogens with one attached hydrogen (secondary N) is 1. The molecule has 0 unspecified atom stereocenters. The SMILES string of the molecule is CNS(=O)(=O)c1ccc2cc(N)ccc2c1. The molecule has 0 aliphatic heterocycles. The van der Waals surface area contributed by atoms with Gasteiger partial charge in [0.15, 0.2) is 0 Å². The average Bonchev–Trinajstić information content (AvgIpc) is 2.28. The third-order valence-corrected chi connectivity index (χ3v) is 3.83. The Bertz CT molecular complexity index is 635. The molecule has 0 aliphatic carbocycles. The van der Waals surface area contributed by atoms with Gasteiger partial charge >= 0.3 is 0 Å². The molecule has 2 aromatic carbocycles. The van der Waals surface area contributed by atoms with Gasteiger partial charge in [0.1, 0.15) is 0 Å². The largest absolute Gasteiger partial charge is 0.399 e. The van der Waals surface area contributed by atoms with E-state index in [-0.39, 0.29) is 4.90 Å². The fourth-order valence-corrected chi connectivity index (χ4v) is 2.29. The molecule has 84 valence electrons. The summed E-state index contributed by atoms with van der Waals surface area (Å²) in [5.41, 5.74) is 6.31. The Morgan fingerprint density at radius 3 is 2.38 bits per heavy atom. The van der Waals surface area contributed by atoms with Gasteiger partial charge < -0.3 is 5.73 Å². The highest BCUT2D eigenvalue weighted by atomic mass is 32.2. The summed E-state index contributed by atoms with van der Waals surface area (Å²) in [4.78, 5) is 0.257. The Balaban J connectivity index is 2.66. The topological polar surface area (TPSA) is 72.2 Å². The van der Waals surface area contributed by atoms with E-state index in [1.807, 2.05) is 6.07 Å². The van der Waals surface area contributed by atoms with Gasteiger partial charge in [-0.3, -0.25) is 0 Å². The first kappa shape index (κ1) is 10.9. The molecule has 16 heavy (non-hydrogen) atoms. The molecule has 0 bridgehead atoms. The van der Waals surface area contributed by atoms with Crippen molar-refractivity contribution in [2.45, 2.75) is 4.90 Å². The van der Waals surface area contributed by atoms with Gasteiger partial charge in [-0.2, -0.15) is 0 Å². The van der Waals surface area contributed by atoms with E-state index in [1.165, 1.54) is 7.05 Å². The molecule has 2 rings (SSSR count). The lowest BCUT2D eigenvalue weighted by Gasteiger charge is -2.04. The van der Waals surface area contributed by atoms with Gasteiger partial charge in [-0.15, -0.1) is 0 Å². The molecule has 4 nitrogen and oxygen atoms in total. The molecular formula is C11H12N2O2S. The van der Waals surface area contributed by atoms with Gasteiger partial charge in [0.25, 0.3) is 0 Å². The quantitative estimate of drug-likeness (QED) is 0.773. The zero-order valence-corrected chi connectivity index (χ0v) is 9.58. The summed E-state index contributed by atoms with van der Waals surface area (Å²) in [6.45, 7) is 0. The Hall–Kier alpha value is -1.59. The molecule has 0 heterocycles. The highest BCUT2D eigenvalue weighted by Crippen LogP contribution is 2.21. The number of nitrogens with two attached hydrogens (primary N) is 1. The van der Waals surface area contributed by atoms with E-state index in [2.05, 4.69) is 4.72 Å². The standard InChI is InChI=1S/C11H12N2O2S/c1-13-16(14,15)11-5-3-8-6-10(12)4-2-9(8)7-11/h2-7,13H,12H2,1H3. The van der Waals surface area contributed by atoms with Gasteiger partial charge in [0.2, 0.25) is 10.0 Å². The van der Waals surface area contributed by atoms with Crippen molar-refractivity contribution < 1.29 is 8.42 Å². The molecule has 0 aromatic heterocycles. The first-order chi connectivity index (χ1) is 7.53. The van der Waals surface area contributed by atoms with Crippen molar-refractivity contribution in [2.24, 2.45) is 0 Å². The Morgan fingerprint density at radius 1 is 1.06 bits per heavy atom. The van der Waals surface area contributed by atoms with Crippen LogP contribution in [0.3, 0.4) is 0 Å². The van der Waals surface area contributed by atoms with Gasteiger partial charge in [-0.1, -0.05) is 12.1 Å². The second-order valence-electron chi connectivity index (χ2n) is 3.48. The fraction of sp³-hybridized carbons (Fsp3) is 0.0909. The fourth-order valence-electron chi connectivity index (χ4n) is 1.53. The van der Waals surface area contributed by atoms with Crippen LogP contribution in [0.15, 0.2) is 41.3 Å². The third-order valence-electron chi connectivity index (χ3n) is 2.41. The van der Waals surface area contributed by atoms with Crippen LogP contribution >= 0.6 is 0 Å². The maximum atomic E-state index is 11.6. The summed E-state index contributed by atoms with van der Waals surface area (Å²) in [7, 11) is -1.99. The summed E-state index contributed by atoms with van der Waals surface area (Å²) >= 11 is 0. The second-order valence-corrected chi connectivity index (χ2v) is 5.36.